The van der Waals surface area contributed by atoms with Gasteiger partial charge in [-0.15, -0.1) is 0 Å². The molecule has 0 spiro atoms. The number of hydrogen-bond acceptors (Lipinski definition) is 1. The first kappa shape index (κ1) is 10.3. The smallest absolute Gasteiger partial charge is 0.402 e. The van der Waals surface area contributed by atoms with Crippen molar-refractivity contribution in [2.45, 2.75) is 20.0 Å². The average Bonchev–Trinajstić information content (AvgIpc) is 1.54. The Hall–Kier alpha value is -0.740. The minimum atomic E-state index is -4.64. The number of carbonyl (C=O) groups is 1. The molecule has 0 aromatic heterocycles. The maximum absolute atomic E-state index is 11.8. The zero-order valence-electron chi connectivity index (χ0n) is 6.14. The van der Waals surface area contributed by atoms with Crippen LogP contribution in [0.25, 0.3) is 0 Å². The number of carboxylic acid groups (broad SMARTS) is 1. The van der Waals surface area contributed by atoms with Gasteiger partial charge in [-0.3, -0.25) is 4.79 Å². The van der Waals surface area contributed by atoms with Gasteiger partial charge >= 0.3 is 12.1 Å². The number of carboxylic acids is 1. The highest BCUT2D eigenvalue weighted by Gasteiger charge is 2.46. The number of aliphatic carboxylic acids is 1. The monoisotopic (exact) mass is 170 g/mol. The molecule has 0 amide bonds. The van der Waals surface area contributed by atoms with E-state index in [1.165, 1.54) is 13.8 Å². The van der Waals surface area contributed by atoms with Crippen LogP contribution in [0.5, 0.6) is 0 Å². The molecule has 66 valence electrons. The van der Waals surface area contributed by atoms with E-state index in [1.54, 1.807) is 0 Å². The lowest BCUT2D eigenvalue weighted by atomic mass is 9.96. The summed E-state index contributed by atoms with van der Waals surface area (Å²) in [5.41, 5.74) is 0. The summed E-state index contributed by atoms with van der Waals surface area (Å²) in [6.07, 6.45) is -4.64. The number of hydrogen-bond donors (Lipinski definition) is 1. The third-order valence-electron chi connectivity index (χ3n) is 1.29. The molecular formula is C6H9F3O2. The van der Waals surface area contributed by atoms with Gasteiger partial charge in [0.2, 0.25) is 0 Å². The van der Waals surface area contributed by atoms with E-state index < -0.39 is 24.0 Å². The quantitative estimate of drug-likeness (QED) is 0.687. The molecule has 0 heterocycles. The van der Waals surface area contributed by atoms with Crippen LogP contribution >= 0.6 is 0 Å². The van der Waals surface area contributed by atoms with E-state index in [0.717, 1.165) is 0 Å². The molecule has 0 aromatic rings. The van der Waals surface area contributed by atoms with Gasteiger partial charge in [0, 0.05) is 0 Å². The van der Waals surface area contributed by atoms with Crippen molar-refractivity contribution >= 4 is 5.97 Å². The topological polar surface area (TPSA) is 37.3 Å². The molecule has 1 atom stereocenters. The zero-order valence-corrected chi connectivity index (χ0v) is 6.14. The van der Waals surface area contributed by atoms with Crippen molar-refractivity contribution in [3.8, 4) is 0 Å². The minimum Gasteiger partial charge on any atom is -0.481 e. The van der Waals surface area contributed by atoms with Gasteiger partial charge in [0.15, 0.2) is 5.92 Å². The SMILES string of the molecule is CC(C)[C@H](C(=O)O)C(F)(F)F. The summed E-state index contributed by atoms with van der Waals surface area (Å²) in [6, 6.07) is 0. The Bertz CT molecular complexity index is 150. The van der Waals surface area contributed by atoms with Crippen LogP contribution in [0.1, 0.15) is 13.8 Å². The summed E-state index contributed by atoms with van der Waals surface area (Å²) in [5, 5.41) is 8.16. The van der Waals surface area contributed by atoms with Gasteiger partial charge in [0.05, 0.1) is 0 Å². The Morgan fingerprint density at radius 1 is 1.36 bits per heavy atom. The largest absolute Gasteiger partial charge is 0.481 e. The van der Waals surface area contributed by atoms with Gasteiger partial charge in [0.1, 0.15) is 0 Å². The Morgan fingerprint density at radius 2 is 1.73 bits per heavy atom. The molecule has 0 saturated heterocycles. The van der Waals surface area contributed by atoms with Crippen molar-refractivity contribution in [2.24, 2.45) is 11.8 Å². The Balaban J connectivity index is 4.49. The van der Waals surface area contributed by atoms with Crippen molar-refractivity contribution < 1.29 is 23.1 Å². The molecule has 0 fully saturated rings. The standard InChI is InChI=1S/C6H9F3O2/c1-3(2)4(5(10)11)6(7,8)9/h3-4H,1-2H3,(H,10,11)/t4-/m1/s1. The second-order valence-corrected chi connectivity index (χ2v) is 2.60. The van der Waals surface area contributed by atoms with Gasteiger partial charge in [-0.05, 0) is 5.92 Å². The van der Waals surface area contributed by atoms with Crippen LogP contribution in [0.2, 0.25) is 0 Å². The zero-order chi connectivity index (χ0) is 9.23. The molecule has 5 heteroatoms. The molecule has 0 rings (SSSR count). The molecule has 0 aliphatic heterocycles. The number of alkyl halides is 3. The minimum absolute atomic E-state index is 0.924. The molecule has 0 saturated carbocycles. The Morgan fingerprint density at radius 3 is 1.73 bits per heavy atom. The van der Waals surface area contributed by atoms with E-state index in [9.17, 15) is 18.0 Å². The molecule has 0 radical (unpaired) electrons. The lowest BCUT2D eigenvalue weighted by molar-refractivity contribution is -0.201. The summed E-state index contributed by atoms with van der Waals surface area (Å²) in [5.74, 6) is -4.98. The maximum Gasteiger partial charge on any atom is 0.402 e. The average molecular weight is 170 g/mol. The van der Waals surface area contributed by atoms with Gasteiger partial charge in [-0.25, -0.2) is 0 Å². The summed E-state index contributed by atoms with van der Waals surface area (Å²) in [4.78, 5) is 10.1. The van der Waals surface area contributed by atoms with E-state index in [4.69, 9.17) is 5.11 Å². The molecule has 0 bridgehead atoms. The molecule has 11 heavy (non-hydrogen) atoms. The van der Waals surface area contributed by atoms with Crippen molar-refractivity contribution in [2.75, 3.05) is 0 Å². The highest BCUT2D eigenvalue weighted by molar-refractivity contribution is 5.71. The van der Waals surface area contributed by atoms with E-state index in [1.807, 2.05) is 0 Å². The fourth-order valence-electron chi connectivity index (χ4n) is 0.803. The normalized spacial score (nSPS) is 15.1. The second-order valence-electron chi connectivity index (χ2n) is 2.60. The third-order valence-corrected chi connectivity index (χ3v) is 1.29. The second kappa shape index (κ2) is 3.11. The van der Waals surface area contributed by atoms with Gasteiger partial charge < -0.3 is 5.11 Å². The van der Waals surface area contributed by atoms with E-state index in [2.05, 4.69) is 0 Å². The van der Waals surface area contributed by atoms with Crippen LogP contribution in [-0.4, -0.2) is 17.3 Å². The van der Waals surface area contributed by atoms with Crippen molar-refractivity contribution in [1.29, 1.82) is 0 Å². The summed E-state index contributed by atoms with van der Waals surface area (Å²) in [6.45, 7) is 2.46. The fraction of sp³-hybridized carbons (Fsp3) is 0.833. The first-order chi connectivity index (χ1) is 4.76. The van der Waals surface area contributed by atoms with Gasteiger partial charge in [-0.1, -0.05) is 13.8 Å². The van der Waals surface area contributed by atoms with Gasteiger partial charge in [-0.2, -0.15) is 13.2 Å². The first-order valence-electron chi connectivity index (χ1n) is 3.06. The lowest BCUT2D eigenvalue weighted by Gasteiger charge is -2.18. The Kier molecular flexibility index (Phi) is 2.90. The molecule has 1 N–H and O–H groups in total. The molecule has 0 aromatic carbocycles. The van der Waals surface area contributed by atoms with E-state index in [-0.39, 0.29) is 0 Å². The summed E-state index contributed by atoms with van der Waals surface area (Å²) < 4.78 is 35.5. The van der Waals surface area contributed by atoms with Crippen molar-refractivity contribution in [3.63, 3.8) is 0 Å². The number of halogens is 3. The molecule has 2 nitrogen and oxygen atoms in total. The Labute approximate surface area is 62.0 Å². The number of rotatable bonds is 2. The van der Waals surface area contributed by atoms with Crippen LogP contribution < -0.4 is 0 Å². The van der Waals surface area contributed by atoms with Crippen LogP contribution in [0.4, 0.5) is 13.2 Å². The lowest BCUT2D eigenvalue weighted by Crippen LogP contribution is -2.34. The third kappa shape index (κ3) is 2.78. The maximum atomic E-state index is 11.8. The van der Waals surface area contributed by atoms with E-state index >= 15 is 0 Å². The molecular weight excluding hydrogens is 161 g/mol. The highest BCUT2D eigenvalue weighted by atomic mass is 19.4. The van der Waals surface area contributed by atoms with Crippen LogP contribution in [0, 0.1) is 11.8 Å². The first-order valence-corrected chi connectivity index (χ1v) is 3.06. The predicted molar refractivity (Wildman–Crippen MR) is 32.0 cm³/mol. The molecule has 0 unspecified atom stereocenters. The van der Waals surface area contributed by atoms with Gasteiger partial charge in [0.25, 0.3) is 0 Å². The van der Waals surface area contributed by atoms with E-state index in [0.29, 0.717) is 0 Å². The van der Waals surface area contributed by atoms with Crippen molar-refractivity contribution in [1.82, 2.24) is 0 Å². The predicted octanol–water partition coefficient (Wildman–Crippen LogP) is 1.91. The molecule has 0 aliphatic carbocycles. The summed E-state index contributed by atoms with van der Waals surface area (Å²) >= 11 is 0. The van der Waals surface area contributed by atoms with Crippen LogP contribution in [0.3, 0.4) is 0 Å². The fourth-order valence-corrected chi connectivity index (χ4v) is 0.803. The molecule has 0 aliphatic rings. The van der Waals surface area contributed by atoms with Crippen LogP contribution in [-0.2, 0) is 4.79 Å². The summed E-state index contributed by atoms with van der Waals surface area (Å²) in [7, 11) is 0. The van der Waals surface area contributed by atoms with Crippen molar-refractivity contribution in [3.05, 3.63) is 0 Å². The van der Waals surface area contributed by atoms with Crippen LogP contribution in [0.15, 0.2) is 0 Å². The highest BCUT2D eigenvalue weighted by Crippen LogP contribution is 2.31.